The maximum atomic E-state index is 11.8. The molecular weight excluding hydrogens is 524 g/mol. The van der Waals surface area contributed by atoms with Crippen LogP contribution < -0.4 is 11.1 Å². The van der Waals surface area contributed by atoms with Crippen LogP contribution in [0.5, 0.6) is 0 Å². The summed E-state index contributed by atoms with van der Waals surface area (Å²) >= 11 is 0. The average Bonchev–Trinajstić information content (AvgIpc) is 3.35. The van der Waals surface area contributed by atoms with Gasteiger partial charge in [0.25, 0.3) is 0 Å². The molecule has 0 spiro atoms. The second kappa shape index (κ2) is 14.1. The van der Waals surface area contributed by atoms with Crippen LogP contribution in [-0.2, 0) is 9.53 Å². The molecule has 1 aliphatic heterocycles. The van der Waals surface area contributed by atoms with Crippen molar-refractivity contribution >= 4 is 5.97 Å². The number of methoxy groups -OCH3 is 1. The molecule has 5 aliphatic rings. The Hall–Kier alpha value is -0.730. The lowest BCUT2D eigenvalue weighted by atomic mass is 9.43. The Morgan fingerprint density at radius 2 is 1.62 bits per heavy atom. The van der Waals surface area contributed by atoms with E-state index in [0.717, 1.165) is 57.2 Å². The molecule has 7 heteroatoms. The molecule has 242 valence electrons. The molecule has 5 fully saturated rings. The van der Waals surface area contributed by atoms with Crippen LogP contribution in [-0.4, -0.2) is 92.5 Å². The van der Waals surface area contributed by atoms with Gasteiger partial charge in [0.05, 0.1) is 13.2 Å². The summed E-state index contributed by atoms with van der Waals surface area (Å²) in [6.07, 6.45) is 13.6. The van der Waals surface area contributed by atoms with Gasteiger partial charge in [-0.3, -0.25) is 4.79 Å². The monoisotopic (exact) mass is 588 g/mol. The first-order valence-corrected chi connectivity index (χ1v) is 17.8. The highest BCUT2D eigenvalue weighted by molar-refractivity contribution is 5.69. The van der Waals surface area contributed by atoms with E-state index in [1.807, 2.05) is 0 Å². The predicted octanol–water partition coefficient (Wildman–Crippen LogP) is 4.52. The summed E-state index contributed by atoms with van der Waals surface area (Å²) in [5.41, 5.74) is 6.32. The Morgan fingerprint density at radius 1 is 0.952 bits per heavy atom. The minimum Gasteiger partial charge on any atom is -0.469 e. The van der Waals surface area contributed by atoms with Crippen LogP contribution in [0.15, 0.2) is 0 Å². The number of nitrogens with two attached hydrogens (primary N) is 1. The van der Waals surface area contributed by atoms with E-state index >= 15 is 0 Å². The van der Waals surface area contributed by atoms with Crippen LogP contribution in [0.2, 0.25) is 0 Å². The van der Waals surface area contributed by atoms with Gasteiger partial charge < -0.3 is 30.7 Å². The number of ether oxygens (including phenoxy) is 1. The van der Waals surface area contributed by atoms with Crippen molar-refractivity contribution in [3.05, 3.63) is 0 Å². The average molecular weight is 589 g/mol. The normalized spacial score (nSPS) is 41.5. The van der Waals surface area contributed by atoms with Crippen LogP contribution in [0.1, 0.15) is 97.8 Å². The van der Waals surface area contributed by atoms with Crippen molar-refractivity contribution in [1.29, 1.82) is 0 Å². The summed E-state index contributed by atoms with van der Waals surface area (Å²) in [6, 6.07) is 0.558. The number of nitrogens with zero attached hydrogens (tertiary/aromatic N) is 2. The molecule has 0 aromatic rings. The molecule has 0 aromatic carbocycles. The standard InChI is InChI=1S/C35H64N4O3/c1-25(7-10-33(41)42-4)28-8-9-29-27-24-32(40)31-23-26(11-13-35(31,3)30(27)12-14-34(28,29)2)37-16-6-18-39-21-19-38(20-22-39)17-5-15-36/h25-32,37,40H,5-24,36H2,1-4H3. The number of carbonyl (C=O) groups is 1. The van der Waals surface area contributed by atoms with E-state index in [1.54, 1.807) is 0 Å². The molecule has 0 aromatic heterocycles. The minimum absolute atomic E-state index is 0.0718. The summed E-state index contributed by atoms with van der Waals surface area (Å²) in [4.78, 5) is 17.0. The van der Waals surface area contributed by atoms with E-state index in [1.165, 1.54) is 84.8 Å². The van der Waals surface area contributed by atoms with E-state index in [0.29, 0.717) is 41.5 Å². The van der Waals surface area contributed by atoms with E-state index in [9.17, 15) is 9.90 Å². The first-order chi connectivity index (χ1) is 20.2. The highest BCUT2D eigenvalue weighted by atomic mass is 16.5. The van der Waals surface area contributed by atoms with Gasteiger partial charge in [-0.15, -0.1) is 0 Å². The van der Waals surface area contributed by atoms with Crippen LogP contribution in [0.3, 0.4) is 0 Å². The van der Waals surface area contributed by atoms with Gasteiger partial charge in [0.15, 0.2) is 0 Å². The molecule has 10 atom stereocenters. The van der Waals surface area contributed by atoms with E-state index in [4.69, 9.17) is 10.5 Å². The van der Waals surface area contributed by atoms with E-state index in [-0.39, 0.29) is 17.5 Å². The summed E-state index contributed by atoms with van der Waals surface area (Å²) in [5, 5.41) is 15.6. The molecule has 5 rings (SSSR count). The Morgan fingerprint density at radius 3 is 2.31 bits per heavy atom. The smallest absolute Gasteiger partial charge is 0.305 e. The Bertz CT molecular complexity index is 880. The summed E-state index contributed by atoms with van der Waals surface area (Å²) in [6.45, 7) is 16.5. The van der Waals surface area contributed by atoms with Crippen LogP contribution in [0.25, 0.3) is 0 Å². The zero-order chi connectivity index (χ0) is 29.9. The summed E-state index contributed by atoms with van der Waals surface area (Å²) in [5.74, 6) is 3.77. The number of aliphatic hydroxyl groups excluding tert-OH is 1. The summed E-state index contributed by atoms with van der Waals surface area (Å²) < 4.78 is 4.93. The highest BCUT2D eigenvalue weighted by Gasteiger charge is 2.62. The number of hydrogen-bond acceptors (Lipinski definition) is 7. The Balaban J connectivity index is 1.10. The van der Waals surface area contributed by atoms with Gasteiger partial charge in [0.1, 0.15) is 0 Å². The Kier molecular flexibility index (Phi) is 11.0. The molecule has 10 unspecified atom stereocenters. The topological polar surface area (TPSA) is 91.1 Å². The third-order valence-electron chi connectivity index (χ3n) is 13.7. The first kappa shape index (κ1) is 32.7. The molecule has 7 nitrogen and oxygen atoms in total. The second-order valence-corrected chi connectivity index (χ2v) is 15.7. The van der Waals surface area contributed by atoms with Crippen molar-refractivity contribution in [3.8, 4) is 0 Å². The molecule has 0 bridgehead atoms. The SMILES string of the molecule is COC(=O)CCC(C)C1CCC2C3CC(O)C4CC(NCCCN5CCN(CCCN)CC5)CCC4(C)C3CCC12C. The molecule has 4 aliphatic carbocycles. The second-order valence-electron chi connectivity index (χ2n) is 15.7. The van der Waals surface area contributed by atoms with Gasteiger partial charge in [-0.2, -0.15) is 0 Å². The number of piperazine rings is 1. The van der Waals surface area contributed by atoms with Gasteiger partial charge in [0, 0.05) is 38.6 Å². The van der Waals surface area contributed by atoms with Gasteiger partial charge >= 0.3 is 5.97 Å². The van der Waals surface area contributed by atoms with Gasteiger partial charge in [-0.05, 0) is 143 Å². The lowest BCUT2D eigenvalue weighted by Gasteiger charge is -2.62. The first-order valence-electron chi connectivity index (χ1n) is 17.8. The number of hydrogen-bond donors (Lipinski definition) is 3. The number of esters is 1. The number of carbonyl (C=O) groups excluding carboxylic acids is 1. The molecule has 0 radical (unpaired) electrons. The van der Waals surface area contributed by atoms with Crippen LogP contribution in [0, 0.1) is 46.3 Å². The van der Waals surface area contributed by atoms with Crippen molar-refractivity contribution in [1.82, 2.24) is 15.1 Å². The quantitative estimate of drug-likeness (QED) is 0.228. The number of nitrogens with one attached hydrogen (secondary N) is 1. The fraction of sp³-hybridized carbons (Fsp3) is 0.971. The maximum absolute atomic E-state index is 11.8. The predicted molar refractivity (Wildman–Crippen MR) is 170 cm³/mol. The molecule has 1 saturated heterocycles. The van der Waals surface area contributed by atoms with Crippen molar-refractivity contribution in [2.24, 2.45) is 52.1 Å². The zero-order valence-corrected chi connectivity index (χ0v) is 27.5. The fourth-order valence-electron chi connectivity index (χ4n) is 11.3. The fourth-order valence-corrected chi connectivity index (χ4v) is 11.3. The number of aliphatic hydroxyl groups is 1. The maximum Gasteiger partial charge on any atom is 0.305 e. The van der Waals surface area contributed by atoms with Crippen LogP contribution in [0.4, 0.5) is 0 Å². The third-order valence-corrected chi connectivity index (χ3v) is 13.7. The van der Waals surface area contributed by atoms with E-state index in [2.05, 4.69) is 35.9 Å². The van der Waals surface area contributed by atoms with E-state index < -0.39 is 0 Å². The summed E-state index contributed by atoms with van der Waals surface area (Å²) in [7, 11) is 1.50. The van der Waals surface area contributed by atoms with Crippen molar-refractivity contribution < 1.29 is 14.6 Å². The highest BCUT2D eigenvalue weighted by Crippen LogP contribution is 2.68. The van der Waals surface area contributed by atoms with Crippen LogP contribution >= 0.6 is 0 Å². The molecule has 42 heavy (non-hydrogen) atoms. The number of fused-ring (bicyclic) bond motifs is 5. The molecule has 0 amide bonds. The molecule has 1 heterocycles. The van der Waals surface area contributed by atoms with Gasteiger partial charge in [-0.1, -0.05) is 20.8 Å². The molecule has 4 saturated carbocycles. The molecule has 4 N–H and O–H groups in total. The Labute approximate surface area is 257 Å². The minimum atomic E-state index is -0.158. The van der Waals surface area contributed by atoms with Crippen molar-refractivity contribution in [2.75, 3.05) is 59.5 Å². The third kappa shape index (κ3) is 6.76. The zero-order valence-electron chi connectivity index (χ0n) is 27.5. The van der Waals surface area contributed by atoms with Gasteiger partial charge in [-0.25, -0.2) is 0 Å². The molecular formula is C35H64N4O3. The number of rotatable bonds is 12. The lowest BCUT2D eigenvalue weighted by molar-refractivity contribution is -0.162. The van der Waals surface area contributed by atoms with Gasteiger partial charge in [0.2, 0.25) is 0 Å². The largest absolute Gasteiger partial charge is 0.469 e. The van der Waals surface area contributed by atoms with Crippen molar-refractivity contribution in [3.63, 3.8) is 0 Å². The van der Waals surface area contributed by atoms with Crippen molar-refractivity contribution in [2.45, 2.75) is 110 Å². The lowest BCUT2D eigenvalue weighted by Crippen LogP contribution is -2.59.